The summed E-state index contributed by atoms with van der Waals surface area (Å²) < 4.78 is 0. The number of nitrogens with zero attached hydrogens (tertiary/aromatic N) is 2. The van der Waals surface area contributed by atoms with Gasteiger partial charge in [-0.2, -0.15) is 0 Å². The zero-order valence-electron chi connectivity index (χ0n) is 15.9. The van der Waals surface area contributed by atoms with Crippen molar-refractivity contribution < 1.29 is 19.5 Å². The highest BCUT2D eigenvalue weighted by Gasteiger charge is 2.45. The van der Waals surface area contributed by atoms with Gasteiger partial charge in [-0.3, -0.25) is 29.5 Å². The van der Waals surface area contributed by atoms with Gasteiger partial charge < -0.3 is 5.11 Å². The van der Waals surface area contributed by atoms with E-state index in [1.54, 1.807) is 6.07 Å². The molecule has 7 nitrogen and oxygen atoms in total. The fourth-order valence-corrected chi connectivity index (χ4v) is 4.13. The number of likely N-dealkylation sites (tertiary alicyclic amines) is 1. The van der Waals surface area contributed by atoms with Crippen LogP contribution in [0.5, 0.6) is 0 Å². The molecule has 27 heavy (non-hydrogen) atoms. The Balaban J connectivity index is 1.55. The molecule has 2 atom stereocenters. The lowest BCUT2D eigenvalue weighted by Crippen LogP contribution is -2.54. The second-order valence-electron chi connectivity index (χ2n) is 8.67. The molecule has 144 valence electrons. The third-order valence-corrected chi connectivity index (χ3v) is 5.93. The van der Waals surface area contributed by atoms with Gasteiger partial charge in [0.1, 0.15) is 6.04 Å². The standard InChI is InChI=1S/C20H25N3O4/c1-20(2,3)22-9-12(10-22)11-4-5-13-14(8-11)19(27)23(18(13)26)15-6-7-16(24)21-17(15)25/h4-5,8,12,15,18,26H,6-7,9-10H2,1-3H3,(H,21,24,25). The summed E-state index contributed by atoms with van der Waals surface area (Å²) in [4.78, 5) is 40.0. The van der Waals surface area contributed by atoms with Crippen LogP contribution in [0, 0.1) is 0 Å². The number of piperidine rings is 1. The first kappa shape index (κ1) is 18.1. The highest BCUT2D eigenvalue weighted by Crippen LogP contribution is 2.39. The van der Waals surface area contributed by atoms with Crippen molar-refractivity contribution in [2.24, 2.45) is 0 Å². The highest BCUT2D eigenvalue weighted by molar-refractivity contribution is 6.05. The van der Waals surface area contributed by atoms with Crippen molar-refractivity contribution in [2.75, 3.05) is 13.1 Å². The minimum atomic E-state index is -1.15. The van der Waals surface area contributed by atoms with Gasteiger partial charge in [0.25, 0.3) is 5.91 Å². The number of aliphatic hydroxyl groups is 1. The van der Waals surface area contributed by atoms with Gasteiger partial charge in [-0.1, -0.05) is 12.1 Å². The van der Waals surface area contributed by atoms with Crippen LogP contribution in [0.4, 0.5) is 0 Å². The van der Waals surface area contributed by atoms with Crippen LogP contribution in [-0.4, -0.2) is 57.3 Å². The number of amides is 3. The minimum absolute atomic E-state index is 0.127. The Morgan fingerprint density at radius 1 is 1.15 bits per heavy atom. The van der Waals surface area contributed by atoms with Gasteiger partial charge in [0.2, 0.25) is 11.8 Å². The fraction of sp³-hybridized carbons (Fsp3) is 0.550. The number of hydrogen-bond acceptors (Lipinski definition) is 5. The Bertz CT molecular complexity index is 823. The molecule has 0 radical (unpaired) electrons. The summed E-state index contributed by atoms with van der Waals surface area (Å²) in [6.07, 6.45) is -0.755. The van der Waals surface area contributed by atoms with E-state index in [2.05, 4.69) is 31.0 Å². The predicted molar refractivity (Wildman–Crippen MR) is 97.8 cm³/mol. The van der Waals surface area contributed by atoms with E-state index < -0.39 is 18.2 Å². The van der Waals surface area contributed by atoms with Crippen molar-refractivity contribution in [3.63, 3.8) is 0 Å². The van der Waals surface area contributed by atoms with Crippen LogP contribution in [0.25, 0.3) is 0 Å². The quantitative estimate of drug-likeness (QED) is 0.761. The lowest BCUT2D eigenvalue weighted by atomic mass is 9.86. The van der Waals surface area contributed by atoms with Gasteiger partial charge in [-0.25, -0.2) is 0 Å². The number of fused-ring (bicyclic) bond motifs is 1. The molecule has 2 saturated heterocycles. The summed E-state index contributed by atoms with van der Waals surface area (Å²) in [6.45, 7) is 8.43. The molecule has 3 aliphatic rings. The molecule has 0 aliphatic carbocycles. The third kappa shape index (κ3) is 2.95. The SMILES string of the molecule is CC(C)(C)N1CC(c2ccc3c(c2)C(=O)N(C2CCC(=O)NC2=O)C3O)C1. The first-order chi connectivity index (χ1) is 12.7. The van der Waals surface area contributed by atoms with Crippen LogP contribution in [-0.2, 0) is 9.59 Å². The van der Waals surface area contributed by atoms with Gasteiger partial charge in [-0.05, 0) is 38.8 Å². The van der Waals surface area contributed by atoms with E-state index in [4.69, 9.17) is 0 Å². The molecule has 3 aliphatic heterocycles. The van der Waals surface area contributed by atoms with E-state index in [0.717, 1.165) is 18.7 Å². The topological polar surface area (TPSA) is 90.0 Å². The normalized spacial score (nSPS) is 26.8. The maximum atomic E-state index is 12.9. The zero-order valence-corrected chi connectivity index (χ0v) is 15.9. The Labute approximate surface area is 158 Å². The van der Waals surface area contributed by atoms with E-state index >= 15 is 0 Å². The number of carbonyl (C=O) groups excluding carboxylic acids is 3. The van der Waals surface area contributed by atoms with Crippen molar-refractivity contribution in [1.29, 1.82) is 0 Å². The smallest absolute Gasteiger partial charge is 0.257 e. The summed E-state index contributed by atoms with van der Waals surface area (Å²) in [5, 5.41) is 12.9. The lowest BCUT2D eigenvalue weighted by molar-refractivity contribution is -0.139. The molecule has 0 aromatic heterocycles. The summed E-state index contributed by atoms with van der Waals surface area (Å²) in [7, 11) is 0. The van der Waals surface area contributed by atoms with Crippen molar-refractivity contribution in [3.8, 4) is 0 Å². The van der Waals surface area contributed by atoms with Gasteiger partial charge in [0, 0.05) is 42.1 Å². The largest absolute Gasteiger partial charge is 0.369 e. The van der Waals surface area contributed by atoms with E-state index in [1.165, 1.54) is 4.90 Å². The van der Waals surface area contributed by atoms with E-state index in [1.807, 2.05) is 12.1 Å². The molecule has 0 spiro atoms. The molecule has 2 fully saturated rings. The molecule has 2 N–H and O–H groups in total. The van der Waals surface area contributed by atoms with Crippen LogP contribution in [0.15, 0.2) is 18.2 Å². The average Bonchev–Trinajstić information content (AvgIpc) is 2.77. The van der Waals surface area contributed by atoms with Crippen LogP contribution < -0.4 is 5.32 Å². The Morgan fingerprint density at radius 3 is 2.48 bits per heavy atom. The first-order valence-electron chi connectivity index (χ1n) is 9.40. The first-order valence-corrected chi connectivity index (χ1v) is 9.40. The molecule has 3 amide bonds. The zero-order chi connectivity index (χ0) is 19.5. The second kappa shape index (κ2) is 6.14. The minimum Gasteiger partial charge on any atom is -0.369 e. The molecular formula is C20H25N3O4. The number of aliphatic hydroxyl groups excluding tert-OH is 1. The molecule has 2 unspecified atom stereocenters. The molecule has 0 saturated carbocycles. The van der Waals surface area contributed by atoms with Crippen molar-refractivity contribution in [1.82, 2.24) is 15.1 Å². The van der Waals surface area contributed by atoms with Crippen molar-refractivity contribution in [2.45, 2.75) is 57.3 Å². The van der Waals surface area contributed by atoms with Crippen LogP contribution in [0.2, 0.25) is 0 Å². The number of nitrogens with one attached hydrogen (secondary N) is 1. The maximum Gasteiger partial charge on any atom is 0.257 e. The molecule has 7 heteroatoms. The van der Waals surface area contributed by atoms with E-state index in [9.17, 15) is 19.5 Å². The number of hydrogen-bond donors (Lipinski definition) is 2. The van der Waals surface area contributed by atoms with E-state index in [-0.39, 0.29) is 30.2 Å². The summed E-state index contributed by atoms with van der Waals surface area (Å²) in [5.41, 5.74) is 2.20. The average molecular weight is 371 g/mol. The molecule has 3 heterocycles. The van der Waals surface area contributed by atoms with Crippen molar-refractivity contribution in [3.05, 3.63) is 34.9 Å². The Morgan fingerprint density at radius 2 is 1.85 bits per heavy atom. The third-order valence-electron chi connectivity index (χ3n) is 5.93. The van der Waals surface area contributed by atoms with Crippen LogP contribution in [0.3, 0.4) is 0 Å². The second-order valence-corrected chi connectivity index (χ2v) is 8.67. The molecule has 0 bridgehead atoms. The molecule has 1 aromatic carbocycles. The number of rotatable bonds is 2. The fourth-order valence-electron chi connectivity index (χ4n) is 4.13. The molecule has 1 aromatic rings. The van der Waals surface area contributed by atoms with Gasteiger partial charge >= 0.3 is 0 Å². The number of imide groups is 1. The molecular weight excluding hydrogens is 346 g/mol. The summed E-state index contributed by atoms with van der Waals surface area (Å²) in [5.74, 6) is -0.845. The molecule has 4 rings (SSSR count). The summed E-state index contributed by atoms with van der Waals surface area (Å²) in [6, 6.07) is 4.80. The van der Waals surface area contributed by atoms with Crippen molar-refractivity contribution >= 4 is 17.7 Å². The predicted octanol–water partition coefficient (Wildman–Crippen LogP) is 1.14. The van der Waals surface area contributed by atoms with E-state index in [0.29, 0.717) is 17.0 Å². The van der Waals surface area contributed by atoms with Gasteiger partial charge in [-0.15, -0.1) is 0 Å². The number of carbonyl (C=O) groups is 3. The monoisotopic (exact) mass is 371 g/mol. The maximum absolute atomic E-state index is 12.9. The van der Waals surface area contributed by atoms with Crippen LogP contribution in [0.1, 0.15) is 67.2 Å². The van der Waals surface area contributed by atoms with Gasteiger partial charge in [0.15, 0.2) is 6.23 Å². The Hall–Kier alpha value is -2.25. The summed E-state index contributed by atoms with van der Waals surface area (Å²) >= 11 is 0. The Kier molecular flexibility index (Phi) is 4.12. The lowest BCUT2D eigenvalue weighted by Gasteiger charge is -2.48. The van der Waals surface area contributed by atoms with Crippen LogP contribution >= 0.6 is 0 Å². The number of benzene rings is 1. The van der Waals surface area contributed by atoms with Gasteiger partial charge in [0.05, 0.1) is 0 Å². The highest BCUT2D eigenvalue weighted by atomic mass is 16.3.